The number of ether oxygens (including phenoxy) is 1. The van der Waals surface area contributed by atoms with Crippen LogP contribution < -0.4 is 14.4 Å². The van der Waals surface area contributed by atoms with E-state index < -0.39 is 28.5 Å². The van der Waals surface area contributed by atoms with E-state index in [1.54, 1.807) is 43.3 Å². The van der Waals surface area contributed by atoms with Gasteiger partial charge in [0, 0.05) is 17.1 Å². The van der Waals surface area contributed by atoms with Crippen molar-refractivity contribution in [3.05, 3.63) is 88.4 Å². The molecule has 1 atom stereocenters. The first-order chi connectivity index (χ1) is 20.1. The van der Waals surface area contributed by atoms with Crippen LogP contribution in [0, 0.1) is 6.92 Å². The highest BCUT2D eigenvalue weighted by molar-refractivity contribution is 9.10. The quantitative estimate of drug-likeness (QED) is 0.265. The second-order valence-corrected chi connectivity index (χ2v) is 13.3. The minimum absolute atomic E-state index is 0.0535. The van der Waals surface area contributed by atoms with Crippen molar-refractivity contribution in [3.63, 3.8) is 0 Å². The first-order valence-corrected chi connectivity index (χ1v) is 16.5. The molecule has 1 N–H and O–H groups in total. The van der Waals surface area contributed by atoms with Crippen molar-refractivity contribution in [1.29, 1.82) is 0 Å². The molecule has 1 aliphatic rings. The summed E-state index contributed by atoms with van der Waals surface area (Å²) in [5.41, 5.74) is 1.97. The van der Waals surface area contributed by atoms with Gasteiger partial charge in [0.25, 0.3) is 10.0 Å². The van der Waals surface area contributed by atoms with Crippen LogP contribution >= 0.6 is 15.9 Å². The van der Waals surface area contributed by atoms with Crippen molar-refractivity contribution in [2.24, 2.45) is 0 Å². The highest BCUT2D eigenvalue weighted by Gasteiger charge is 2.34. The predicted molar refractivity (Wildman–Crippen MR) is 168 cm³/mol. The normalized spacial score (nSPS) is 14.3. The van der Waals surface area contributed by atoms with Crippen LogP contribution in [-0.4, -0.2) is 50.4 Å². The van der Waals surface area contributed by atoms with Crippen LogP contribution in [0.5, 0.6) is 5.75 Å². The highest BCUT2D eigenvalue weighted by atomic mass is 79.9. The zero-order valence-corrected chi connectivity index (χ0v) is 26.7. The molecule has 0 saturated heterocycles. The van der Waals surface area contributed by atoms with Gasteiger partial charge in [-0.05, 0) is 75.6 Å². The van der Waals surface area contributed by atoms with Gasteiger partial charge >= 0.3 is 0 Å². The Bertz CT molecular complexity index is 1490. The smallest absolute Gasteiger partial charge is 0.264 e. The summed E-state index contributed by atoms with van der Waals surface area (Å²) in [6.45, 7) is 5.30. The maximum atomic E-state index is 14.2. The fraction of sp³-hybridized carbons (Fsp3) is 0.375. The van der Waals surface area contributed by atoms with Gasteiger partial charge in [-0.3, -0.25) is 13.9 Å². The van der Waals surface area contributed by atoms with Gasteiger partial charge in [-0.25, -0.2) is 8.42 Å². The number of sulfonamides is 1. The molecule has 1 unspecified atom stereocenters. The number of nitrogens with one attached hydrogen (secondary N) is 1. The van der Waals surface area contributed by atoms with Crippen molar-refractivity contribution in [1.82, 2.24) is 10.2 Å². The molecule has 8 nitrogen and oxygen atoms in total. The second-order valence-electron chi connectivity index (χ2n) is 10.5. The van der Waals surface area contributed by atoms with Crippen LogP contribution in [0.2, 0.25) is 0 Å². The molecule has 0 aliphatic heterocycles. The van der Waals surface area contributed by atoms with Crippen LogP contribution in [0.1, 0.15) is 50.7 Å². The van der Waals surface area contributed by atoms with Crippen molar-refractivity contribution >= 4 is 43.5 Å². The highest BCUT2D eigenvalue weighted by Crippen LogP contribution is 2.33. The Balaban J connectivity index is 1.72. The Hall–Kier alpha value is -3.37. The number of nitrogens with zero attached hydrogens (tertiary/aromatic N) is 2. The summed E-state index contributed by atoms with van der Waals surface area (Å²) in [7, 11) is -4.19. The van der Waals surface area contributed by atoms with Crippen molar-refractivity contribution in [2.75, 3.05) is 17.5 Å². The Kier molecular flexibility index (Phi) is 10.7. The maximum Gasteiger partial charge on any atom is 0.264 e. The molecule has 3 aromatic carbocycles. The first kappa shape index (κ1) is 31.6. The van der Waals surface area contributed by atoms with E-state index in [4.69, 9.17) is 4.74 Å². The average Bonchev–Trinajstić information content (AvgIpc) is 3.48. The van der Waals surface area contributed by atoms with E-state index in [1.165, 1.54) is 17.0 Å². The number of halogens is 1. The van der Waals surface area contributed by atoms with E-state index >= 15 is 0 Å². The lowest BCUT2D eigenvalue weighted by Crippen LogP contribution is -2.52. The zero-order valence-electron chi connectivity index (χ0n) is 24.3. The Morgan fingerprint density at radius 3 is 2.38 bits per heavy atom. The van der Waals surface area contributed by atoms with E-state index in [0.29, 0.717) is 12.4 Å². The van der Waals surface area contributed by atoms with Crippen LogP contribution in [0.4, 0.5) is 5.69 Å². The van der Waals surface area contributed by atoms with Crippen LogP contribution in [0.3, 0.4) is 0 Å². The summed E-state index contributed by atoms with van der Waals surface area (Å²) < 4.78 is 35.9. The molecule has 1 fully saturated rings. The molecule has 224 valence electrons. The van der Waals surface area contributed by atoms with E-state index in [-0.39, 0.29) is 29.1 Å². The second kappa shape index (κ2) is 14.2. The lowest BCUT2D eigenvalue weighted by Gasteiger charge is -2.33. The standard InChI is InChI=1S/C32H38BrN3O5S/c1-4-41-30-15-8-7-14-29(30)36(42(39,40)28-18-16-23(2)17-19-28)22-31(37)35(21-25-10-9-11-26(33)20-25)24(3)32(38)34-27-12-5-6-13-27/h7-11,14-20,24,27H,4-6,12-13,21-22H2,1-3H3,(H,34,38). The van der Waals surface area contributed by atoms with Gasteiger partial charge in [-0.1, -0.05) is 70.7 Å². The molecule has 0 heterocycles. The minimum atomic E-state index is -4.19. The molecular formula is C32H38BrN3O5S. The zero-order chi connectivity index (χ0) is 30.3. The van der Waals surface area contributed by atoms with Gasteiger partial charge in [0.05, 0.1) is 17.2 Å². The van der Waals surface area contributed by atoms with Gasteiger partial charge in [-0.2, -0.15) is 0 Å². The third kappa shape index (κ3) is 7.72. The van der Waals surface area contributed by atoms with Gasteiger partial charge in [-0.15, -0.1) is 0 Å². The molecule has 1 saturated carbocycles. The number of benzene rings is 3. The Labute approximate surface area is 257 Å². The van der Waals surface area contributed by atoms with Crippen LogP contribution in [0.15, 0.2) is 82.2 Å². The van der Waals surface area contributed by atoms with Gasteiger partial charge in [0.1, 0.15) is 18.3 Å². The predicted octanol–water partition coefficient (Wildman–Crippen LogP) is 5.83. The number of rotatable bonds is 12. The van der Waals surface area contributed by atoms with Crippen LogP contribution in [0.25, 0.3) is 0 Å². The van der Waals surface area contributed by atoms with E-state index in [0.717, 1.165) is 45.6 Å². The fourth-order valence-electron chi connectivity index (χ4n) is 5.10. The molecule has 1 aliphatic carbocycles. The number of hydrogen-bond acceptors (Lipinski definition) is 5. The van der Waals surface area contributed by atoms with Gasteiger partial charge in [0.15, 0.2) is 0 Å². The number of hydrogen-bond donors (Lipinski definition) is 1. The molecule has 3 aromatic rings. The lowest BCUT2D eigenvalue weighted by atomic mass is 10.1. The average molecular weight is 657 g/mol. The summed E-state index contributed by atoms with van der Waals surface area (Å²) in [5.74, 6) is -0.423. The third-order valence-corrected chi connectivity index (χ3v) is 9.70. The molecule has 10 heteroatoms. The number of carbonyl (C=O) groups excluding carboxylic acids is 2. The molecule has 42 heavy (non-hydrogen) atoms. The molecule has 4 rings (SSSR count). The number of carbonyl (C=O) groups is 2. The van der Waals surface area contributed by atoms with Crippen LogP contribution in [-0.2, 0) is 26.2 Å². The summed E-state index contributed by atoms with van der Waals surface area (Å²) in [6.07, 6.45) is 3.94. The minimum Gasteiger partial charge on any atom is -0.492 e. The number of para-hydroxylation sites is 2. The Morgan fingerprint density at radius 1 is 1.02 bits per heavy atom. The molecule has 2 amide bonds. The summed E-state index contributed by atoms with van der Waals surface area (Å²) in [5, 5.41) is 3.09. The summed E-state index contributed by atoms with van der Waals surface area (Å²) in [6, 6.07) is 20.0. The lowest BCUT2D eigenvalue weighted by molar-refractivity contribution is -0.139. The van der Waals surface area contributed by atoms with Gasteiger partial charge < -0.3 is 15.0 Å². The molecular weight excluding hydrogens is 618 g/mol. The number of amides is 2. The molecule has 0 spiro atoms. The fourth-order valence-corrected chi connectivity index (χ4v) is 6.97. The van der Waals surface area contributed by atoms with E-state index in [9.17, 15) is 18.0 Å². The number of aryl methyl sites for hydroxylation is 1. The number of anilines is 1. The topological polar surface area (TPSA) is 96.0 Å². The van der Waals surface area contributed by atoms with E-state index in [1.807, 2.05) is 38.1 Å². The summed E-state index contributed by atoms with van der Waals surface area (Å²) >= 11 is 3.48. The maximum absolute atomic E-state index is 14.2. The summed E-state index contributed by atoms with van der Waals surface area (Å²) in [4.78, 5) is 29.1. The molecule has 0 aromatic heterocycles. The molecule has 0 bridgehead atoms. The van der Waals surface area contributed by atoms with Crippen molar-refractivity contribution < 1.29 is 22.7 Å². The third-order valence-electron chi connectivity index (χ3n) is 7.43. The molecule has 0 radical (unpaired) electrons. The van der Waals surface area contributed by atoms with E-state index in [2.05, 4.69) is 21.2 Å². The first-order valence-electron chi connectivity index (χ1n) is 14.3. The van der Waals surface area contributed by atoms with Crippen molar-refractivity contribution in [3.8, 4) is 5.75 Å². The monoisotopic (exact) mass is 655 g/mol. The Morgan fingerprint density at radius 2 is 1.71 bits per heavy atom. The van der Waals surface area contributed by atoms with Crippen molar-refractivity contribution in [2.45, 2.75) is 70.0 Å². The van der Waals surface area contributed by atoms with Gasteiger partial charge in [0.2, 0.25) is 11.8 Å². The SMILES string of the molecule is CCOc1ccccc1N(CC(=O)N(Cc1cccc(Br)c1)C(C)C(=O)NC1CCCC1)S(=O)(=O)c1ccc(C)cc1. The largest absolute Gasteiger partial charge is 0.492 e.